The van der Waals surface area contributed by atoms with Crippen LogP contribution in [0.1, 0.15) is 37.1 Å². The first-order valence-electron chi connectivity index (χ1n) is 7.64. The lowest BCUT2D eigenvalue weighted by molar-refractivity contribution is -0.129. The van der Waals surface area contributed by atoms with Crippen LogP contribution in [0.15, 0.2) is 35.8 Å². The van der Waals surface area contributed by atoms with Crippen LogP contribution < -0.4 is 5.32 Å². The number of carbonyl (C=O) groups is 1. The Morgan fingerprint density at radius 1 is 1.32 bits per heavy atom. The molecule has 0 spiro atoms. The van der Waals surface area contributed by atoms with Crippen LogP contribution in [0.4, 0.5) is 0 Å². The van der Waals surface area contributed by atoms with Crippen molar-refractivity contribution in [1.82, 2.24) is 10.3 Å². The predicted octanol–water partition coefficient (Wildman–Crippen LogP) is 3.80. The summed E-state index contributed by atoms with van der Waals surface area (Å²) in [5.41, 5.74) is 3.90. The molecule has 0 saturated carbocycles. The maximum Gasteiger partial charge on any atom is 0.293 e. The van der Waals surface area contributed by atoms with E-state index in [-0.39, 0.29) is 6.04 Å². The van der Waals surface area contributed by atoms with Crippen LogP contribution in [-0.2, 0) is 9.53 Å². The average molecular weight is 318 g/mol. The van der Waals surface area contributed by atoms with E-state index < -0.39 is 0 Å². The summed E-state index contributed by atoms with van der Waals surface area (Å²) in [5, 5.41) is 3.49. The van der Waals surface area contributed by atoms with Crippen molar-refractivity contribution in [2.24, 2.45) is 0 Å². The maximum atomic E-state index is 10.5. The fourth-order valence-corrected chi connectivity index (χ4v) is 3.20. The summed E-state index contributed by atoms with van der Waals surface area (Å²) in [5.74, 6) is 0. The highest BCUT2D eigenvalue weighted by Crippen LogP contribution is 2.30. The van der Waals surface area contributed by atoms with E-state index in [0.717, 1.165) is 29.1 Å². The molecule has 2 rings (SSSR count). The molecule has 0 fully saturated rings. The average Bonchev–Trinajstić information content (AvgIpc) is 3.04. The first kappa shape index (κ1) is 16.6. The molecule has 0 bridgehead atoms. The van der Waals surface area contributed by atoms with Gasteiger partial charge in [-0.25, -0.2) is 4.98 Å². The van der Waals surface area contributed by atoms with Gasteiger partial charge in [-0.05, 0) is 13.0 Å². The van der Waals surface area contributed by atoms with Gasteiger partial charge >= 0.3 is 0 Å². The molecule has 0 radical (unpaired) electrons. The number of unbranched alkanes of at least 4 members (excludes halogenated alkanes) is 2. The Morgan fingerprint density at radius 3 is 2.86 bits per heavy atom. The van der Waals surface area contributed by atoms with Crippen LogP contribution in [0.5, 0.6) is 0 Å². The predicted molar refractivity (Wildman–Crippen MR) is 89.8 cm³/mol. The van der Waals surface area contributed by atoms with Crippen LogP contribution in [0.25, 0.3) is 11.3 Å². The third-order valence-corrected chi connectivity index (χ3v) is 4.40. The molecule has 0 aliphatic carbocycles. The van der Waals surface area contributed by atoms with E-state index in [0.29, 0.717) is 13.1 Å². The zero-order valence-corrected chi connectivity index (χ0v) is 13.6. The van der Waals surface area contributed by atoms with E-state index in [1.807, 2.05) is 35.8 Å². The summed E-state index contributed by atoms with van der Waals surface area (Å²) in [6.45, 7) is 3.93. The van der Waals surface area contributed by atoms with Gasteiger partial charge in [0, 0.05) is 5.56 Å². The number of carbonyl (C=O) groups excluding carboxylic acids is 1. The largest absolute Gasteiger partial charge is 0.466 e. The maximum absolute atomic E-state index is 10.5. The highest BCUT2D eigenvalue weighted by Gasteiger charge is 2.19. The zero-order chi connectivity index (χ0) is 15.6. The van der Waals surface area contributed by atoms with Crippen molar-refractivity contribution in [3.8, 4) is 11.3 Å². The number of benzene rings is 1. The fraction of sp³-hybridized carbons (Fsp3) is 0.412. The van der Waals surface area contributed by atoms with Gasteiger partial charge in [0.15, 0.2) is 0 Å². The van der Waals surface area contributed by atoms with Crippen LogP contribution in [0.3, 0.4) is 0 Å². The van der Waals surface area contributed by atoms with Gasteiger partial charge in [0.05, 0.1) is 22.1 Å². The van der Waals surface area contributed by atoms with Crippen LogP contribution >= 0.6 is 11.3 Å². The number of rotatable bonds is 10. The van der Waals surface area contributed by atoms with E-state index in [1.165, 1.54) is 12.8 Å². The molecular weight excluding hydrogens is 296 g/mol. The van der Waals surface area contributed by atoms with Crippen molar-refractivity contribution in [2.75, 3.05) is 13.2 Å². The van der Waals surface area contributed by atoms with Gasteiger partial charge in [-0.3, -0.25) is 4.79 Å². The molecule has 2 aromatic rings. The third kappa shape index (κ3) is 4.64. The van der Waals surface area contributed by atoms with E-state index in [2.05, 4.69) is 17.2 Å². The minimum Gasteiger partial charge on any atom is -0.466 e. The Bertz CT molecular complexity index is 557. The van der Waals surface area contributed by atoms with Gasteiger partial charge in [-0.1, -0.05) is 50.1 Å². The van der Waals surface area contributed by atoms with Gasteiger partial charge < -0.3 is 10.1 Å². The lowest BCUT2D eigenvalue weighted by Crippen LogP contribution is -2.26. The topological polar surface area (TPSA) is 51.2 Å². The van der Waals surface area contributed by atoms with Gasteiger partial charge in [0.25, 0.3) is 6.47 Å². The molecule has 0 saturated heterocycles. The normalized spacial score (nSPS) is 12.0. The number of aromatic nitrogens is 1. The number of ether oxygens (including phenoxy) is 1. The van der Waals surface area contributed by atoms with E-state index in [4.69, 9.17) is 4.74 Å². The number of hydrogen-bond donors (Lipinski definition) is 1. The second-order valence-corrected chi connectivity index (χ2v) is 5.96. The molecule has 1 atom stereocenters. The van der Waals surface area contributed by atoms with E-state index in [1.54, 1.807) is 11.3 Å². The van der Waals surface area contributed by atoms with Gasteiger partial charge in [-0.15, -0.1) is 11.3 Å². The van der Waals surface area contributed by atoms with Gasteiger partial charge in [0.2, 0.25) is 0 Å². The van der Waals surface area contributed by atoms with Gasteiger partial charge in [-0.2, -0.15) is 0 Å². The van der Waals surface area contributed by atoms with Gasteiger partial charge in [0.1, 0.15) is 6.61 Å². The van der Waals surface area contributed by atoms with E-state index >= 15 is 0 Å². The SMILES string of the molecule is CCCCCNC(COC=O)c1scnc1-c1ccccc1. The quantitative estimate of drug-likeness (QED) is 0.535. The Labute approximate surface area is 135 Å². The number of nitrogens with one attached hydrogen (secondary N) is 1. The lowest BCUT2D eigenvalue weighted by Gasteiger charge is -2.17. The van der Waals surface area contributed by atoms with Crippen LogP contribution in [0.2, 0.25) is 0 Å². The summed E-state index contributed by atoms with van der Waals surface area (Å²) in [6, 6.07) is 10.1. The standard InChI is InChI=1S/C17H22N2O2S/c1-2-3-7-10-18-15(11-21-13-20)17-16(19-12-22-17)14-8-5-4-6-9-14/h4-6,8-9,12-13,15,18H,2-3,7,10-11H2,1H3. The number of thiazole rings is 1. The molecule has 4 nitrogen and oxygen atoms in total. The summed E-state index contributed by atoms with van der Waals surface area (Å²) >= 11 is 1.60. The molecule has 0 aliphatic rings. The smallest absolute Gasteiger partial charge is 0.293 e. The highest BCUT2D eigenvalue weighted by molar-refractivity contribution is 7.10. The Balaban J connectivity index is 2.13. The molecule has 1 unspecified atom stereocenters. The van der Waals surface area contributed by atoms with Crippen molar-refractivity contribution >= 4 is 17.8 Å². The Morgan fingerprint density at radius 2 is 2.14 bits per heavy atom. The fourth-order valence-electron chi connectivity index (χ4n) is 2.33. The molecule has 118 valence electrons. The summed E-state index contributed by atoms with van der Waals surface area (Å²) < 4.78 is 5.00. The molecule has 0 amide bonds. The first-order valence-corrected chi connectivity index (χ1v) is 8.52. The van der Waals surface area contributed by atoms with Crippen LogP contribution in [0, 0.1) is 0 Å². The first-order chi connectivity index (χ1) is 10.9. The molecule has 1 aromatic heterocycles. The second-order valence-electron chi connectivity index (χ2n) is 5.07. The molecule has 1 N–H and O–H groups in total. The molecule has 0 aliphatic heterocycles. The third-order valence-electron chi connectivity index (χ3n) is 3.46. The number of nitrogens with zero attached hydrogens (tertiary/aromatic N) is 1. The minimum atomic E-state index is -0.00948. The Hall–Kier alpha value is -1.72. The van der Waals surface area contributed by atoms with Crippen molar-refractivity contribution in [3.05, 3.63) is 40.7 Å². The van der Waals surface area contributed by atoms with Crippen molar-refractivity contribution in [1.29, 1.82) is 0 Å². The molecule has 1 aromatic carbocycles. The van der Waals surface area contributed by atoms with Crippen molar-refractivity contribution in [2.45, 2.75) is 32.2 Å². The minimum absolute atomic E-state index is 0.00948. The Kier molecular flexibility index (Phi) is 7.06. The monoisotopic (exact) mass is 318 g/mol. The zero-order valence-electron chi connectivity index (χ0n) is 12.8. The summed E-state index contributed by atoms with van der Waals surface area (Å²) in [4.78, 5) is 16.2. The highest BCUT2D eigenvalue weighted by atomic mass is 32.1. The summed E-state index contributed by atoms with van der Waals surface area (Å²) in [7, 11) is 0. The lowest BCUT2D eigenvalue weighted by atomic mass is 10.1. The molecule has 22 heavy (non-hydrogen) atoms. The molecule has 5 heteroatoms. The molecular formula is C17H22N2O2S. The van der Waals surface area contributed by atoms with Crippen molar-refractivity contribution < 1.29 is 9.53 Å². The van der Waals surface area contributed by atoms with Crippen molar-refractivity contribution in [3.63, 3.8) is 0 Å². The summed E-state index contributed by atoms with van der Waals surface area (Å²) in [6.07, 6.45) is 3.50. The number of hydrogen-bond acceptors (Lipinski definition) is 5. The second kappa shape index (κ2) is 9.33. The van der Waals surface area contributed by atoms with Crippen LogP contribution in [-0.4, -0.2) is 24.6 Å². The van der Waals surface area contributed by atoms with E-state index in [9.17, 15) is 4.79 Å². The molecule has 1 heterocycles.